The molecular weight excluding hydrogens is 312 g/mol. The minimum absolute atomic E-state index is 0. The topological polar surface area (TPSA) is 52.6 Å². The van der Waals surface area contributed by atoms with Crippen LogP contribution in [0.1, 0.15) is 31.7 Å². The highest BCUT2D eigenvalue weighted by atomic mass is 35.5. The number of carbonyl (C=O) groups excluding carboxylic acids is 1. The quantitative estimate of drug-likeness (QED) is 0.883. The van der Waals surface area contributed by atoms with Gasteiger partial charge in [-0.25, -0.2) is 0 Å². The Morgan fingerprint density at radius 2 is 2.13 bits per heavy atom. The largest absolute Gasteiger partial charge is 0.392 e. The number of likely N-dealkylation sites (tertiary alicyclic amines) is 1. The van der Waals surface area contributed by atoms with Gasteiger partial charge in [0.25, 0.3) is 0 Å². The molecule has 1 amide bonds. The van der Waals surface area contributed by atoms with Gasteiger partial charge in [-0.2, -0.15) is 0 Å². The fourth-order valence-corrected chi connectivity index (χ4v) is 3.63. The Morgan fingerprint density at radius 3 is 2.78 bits per heavy atom. The zero-order chi connectivity index (χ0) is 15.6. The molecule has 3 rings (SSSR count). The van der Waals surface area contributed by atoms with Gasteiger partial charge in [-0.05, 0) is 36.7 Å². The first-order valence-corrected chi connectivity index (χ1v) is 8.30. The van der Waals surface area contributed by atoms with Crippen LogP contribution in [0.25, 0.3) is 0 Å². The molecule has 0 aliphatic carbocycles. The lowest BCUT2D eigenvalue weighted by Gasteiger charge is -2.26. The molecule has 2 saturated heterocycles. The molecule has 2 aliphatic rings. The Morgan fingerprint density at radius 1 is 1.39 bits per heavy atom. The van der Waals surface area contributed by atoms with E-state index in [1.807, 2.05) is 11.0 Å². The minimum Gasteiger partial charge on any atom is -0.392 e. The van der Waals surface area contributed by atoms with Crippen LogP contribution in [-0.4, -0.2) is 47.7 Å². The van der Waals surface area contributed by atoms with Crippen molar-refractivity contribution in [2.45, 2.75) is 44.8 Å². The lowest BCUT2D eigenvalue weighted by molar-refractivity contribution is -0.132. The lowest BCUT2D eigenvalue weighted by atomic mass is 9.83. The molecule has 0 radical (unpaired) electrons. The van der Waals surface area contributed by atoms with Gasteiger partial charge in [-0.15, -0.1) is 12.4 Å². The van der Waals surface area contributed by atoms with Gasteiger partial charge in [-0.3, -0.25) is 4.79 Å². The van der Waals surface area contributed by atoms with Crippen molar-refractivity contribution in [1.82, 2.24) is 10.2 Å². The van der Waals surface area contributed by atoms with Gasteiger partial charge < -0.3 is 15.3 Å². The number of carbonyl (C=O) groups is 1. The average molecular weight is 339 g/mol. The van der Waals surface area contributed by atoms with Gasteiger partial charge in [0.15, 0.2) is 0 Å². The van der Waals surface area contributed by atoms with Crippen LogP contribution in [0.3, 0.4) is 0 Å². The highest BCUT2D eigenvalue weighted by Gasteiger charge is 2.39. The number of aryl methyl sites for hydroxylation is 1. The smallest absolute Gasteiger partial charge is 0.239 e. The number of hydrogen-bond acceptors (Lipinski definition) is 3. The van der Waals surface area contributed by atoms with Crippen molar-refractivity contribution in [1.29, 1.82) is 0 Å². The summed E-state index contributed by atoms with van der Waals surface area (Å²) < 4.78 is 0. The monoisotopic (exact) mass is 338 g/mol. The highest BCUT2D eigenvalue weighted by molar-refractivity contribution is 5.85. The fraction of sp³-hybridized carbons (Fsp3) is 0.611. The van der Waals surface area contributed by atoms with Gasteiger partial charge in [0.1, 0.15) is 0 Å². The molecule has 3 unspecified atom stereocenters. The summed E-state index contributed by atoms with van der Waals surface area (Å²) in [7, 11) is 0. The Balaban J connectivity index is 0.00000192. The predicted octanol–water partition coefficient (Wildman–Crippen LogP) is 2.00. The average Bonchev–Trinajstić information content (AvgIpc) is 3.13. The summed E-state index contributed by atoms with van der Waals surface area (Å²) in [5.74, 6) is 0.167. The summed E-state index contributed by atoms with van der Waals surface area (Å²) in [6.45, 7) is 4.51. The Hall–Kier alpha value is -1.10. The fourth-order valence-electron chi connectivity index (χ4n) is 3.63. The molecule has 5 heteroatoms. The summed E-state index contributed by atoms with van der Waals surface area (Å²) >= 11 is 0. The maximum atomic E-state index is 12.5. The third-order valence-electron chi connectivity index (χ3n) is 5.14. The van der Waals surface area contributed by atoms with Crippen molar-refractivity contribution in [2.24, 2.45) is 5.41 Å². The van der Waals surface area contributed by atoms with Crippen LogP contribution in [-0.2, 0) is 11.2 Å². The first-order chi connectivity index (χ1) is 10.6. The highest BCUT2D eigenvalue weighted by Crippen LogP contribution is 2.35. The second-order valence-electron chi connectivity index (χ2n) is 7.16. The van der Waals surface area contributed by atoms with E-state index in [2.05, 4.69) is 36.5 Å². The molecule has 3 atom stereocenters. The molecule has 2 fully saturated rings. The predicted molar refractivity (Wildman–Crippen MR) is 93.7 cm³/mol. The van der Waals surface area contributed by atoms with Crippen LogP contribution in [0.15, 0.2) is 30.3 Å². The maximum absolute atomic E-state index is 12.5. The Kier molecular flexibility index (Phi) is 6.06. The van der Waals surface area contributed by atoms with Gasteiger partial charge >= 0.3 is 0 Å². The minimum atomic E-state index is -0.374. The van der Waals surface area contributed by atoms with Crippen LogP contribution in [0, 0.1) is 5.41 Å². The van der Waals surface area contributed by atoms with Gasteiger partial charge in [0.05, 0.1) is 12.1 Å². The molecule has 128 valence electrons. The van der Waals surface area contributed by atoms with Crippen LogP contribution < -0.4 is 5.32 Å². The maximum Gasteiger partial charge on any atom is 0.239 e. The molecule has 1 aromatic carbocycles. The van der Waals surface area contributed by atoms with E-state index in [1.54, 1.807) is 0 Å². The summed E-state index contributed by atoms with van der Waals surface area (Å²) in [5, 5.41) is 12.7. The van der Waals surface area contributed by atoms with Crippen molar-refractivity contribution in [3.63, 3.8) is 0 Å². The van der Waals surface area contributed by atoms with E-state index in [0.717, 1.165) is 32.4 Å². The molecule has 4 nitrogen and oxygen atoms in total. The molecule has 2 aliphatic heterocycles. The number of nitrogens with one attached hydrogen (secondary N) is 1. The Labute approximate surface area is 144 Å². The van der Waals surface area contributed by atoms with Crippen molar-refractivity contribution < 1.29 is 9.90 Å². The number of nitrogens with zero attached hydrogens (tertiary/aromatic N) is 1. The van der Waals surface area contributed by atoms with Gasteiger partial charge in [0.2, 0.25) is 5.91 Å². The van der Waals surface area contributed by atoms with Gasteiger partial charge in [0, 0.05) is 19.6 Å². The lowest BCUT2D eigenvalue weighted by Crippen LogP contribution is -2.43. The number of aliphatic hydroxyl groups is 1. The molecule has 23 heavy (non-hydrogen) atoms. The zero-order valence-corrected chi connectivity index (χ0v) is 14.5. The summed E-state index contributed by atoms with van der Waals surface area (Å²) in [6.07, 6.45) is 3.43. The van der Waals surface area contributed by atoms with Gasteiger partial charge in [-0.1, -0.05) is 37.3 Å². The van der Waals surface area contributed by atoms with E-state index < -0.39 is 0 Å². The van der Waals surface area contributed by atoms with Crippen molar-refractivity contribution in [2.75, 3.05) is 19.6 Å². The van der Waals surface area contributed by atoms with E-state index in [4.69, 9.17) is 0 Å². The van der Waals surface area contributed by atoms with Crippen LogP contribution in [0.4, 0.5) is 0 Å². The molecule has 0 aromatic heterocycles. The molecule has 0 spiro atoms. The third kappa shape index (κ3) is 4.46. The molecule has 1 aromatic rings. The first kappa shape index (κ1) is 18.2. The number of amides is 1. The summed E-state index contributed by atoms with van der Waals surface area (Å²) in [5.41, 5.74) is 1.58. The first-order valence-electron chi connectivity index (χ1n) is 8.30. The van der Waals surface area contributed by atoms with E-state index in [1.165, 1.54) is 5.56 Å². The van der Waals surface area contributed by atoms with Crippen LogP contribution in [0.2, 0.25) is 0 Å². The van der Waals surface area contributed by atoms with E-state index in [-0.39, 0.29) is 35.9 Å². The number of halogens is 1. The van der Waals surface area contributed by atoms with Crippen LogP contribution >= 0.6 is 12.4 Å². The summed E-state index contributed by atoms with van der Waals surface area (Å²) in [4.78, 5) is 14.5. The standard InChI is InChI=1S/C18H26N2O2.ClH/c1-18(8-7-14-5-3-2-4-6-14)9-10-20(13-18)17(22)16-11-15(21)12-19-16;/h2-6,15-16,19,21H,7-13H2,1H3;1H. The van der Waals surface area contributed by atoms with Crippen molar-refractivity contribution >= 4 is 18.3 Å². The molecule has 2 N–H and O–H groups in total. The molecule has 2 heterocycles. The van der Waals surface area contributed by atoms with Crippen LogP contribution in [0.5, 0.6) is 0 Å². The second kappa shape index (κ2) is 7.65. The molecular formula is C18H27ClN2O2. The zero-order valence-electron chi connectivity index (χ0n) is 13.7. The SMILES string of the molecule is CC1(CCc2ccccc2)CCN(C(=O)C2CC(O)CN2)C1.Cl. The number of rotatable bonds is 4. The van der Waals surface area contributed by atoms with Crippen molar-refractivity contribution in [3.8, 4) is 0 Å². The normalized spacial score (nSPS) is 30.3. The molecule has 0 bridgehead atoms. The van der Waals surface area contributed by atoms with E-state index in [0.29, 0.717) is 13.0 Å². The molecule has 0 saturated carbocycles. The third-order valence-corrected chi connectivity index (χ3v) is 5.14. The Bertz CT molecular complexity index is 525. The number of hydrogen-bond donors (Lipinski definition) is 2. The van der Waals surface area contributed by atoms with E-state index in [9.17, 15) is 9.90 Å². The number of benzene rings is 1. The number of aliphatic hydroxyl groups excluding tert-OH is 1. The number of β-amino-alcohol motifs (C(OH)–C–C–N with tert-alkyl or cyclic N) is 1. The summed E-state index contributed by atoms with van der Waals surface area (Å²) in [6, 6.07) is 10.4. The van der Waals surface area contributed by atoms with Crippen molar-refractivity contribution in [3.05, 3.63) is 35.9 Å². The second-order valence-corrected chi connectivity index (χ2v) is 7.16. The van der Waals surface area contributed by atoms with E-state index >= 15 is 0 Å².